The minimum Gasteiger partial charge on any atom is -0.507 e. The van der Waals surface area contributed by atoms with Crippen molar-refractivity contribution in [2.45, 2.75) is 13.8 Å². The molecule has 2 aromatic rings. The Morgan fingerprint density at radius 2 is 1.75 bits per heavy atom. The Labute approximate surface area is 140 Å². The van der Waals surface area contributed by atoms with Gasteiger partial charge in [-0.3, -0.25) is 4.79 Å². The lowest BCUT2D eigenvalue weighted by molar-refractivity contribution is -0.123. The van der Waals surface area contributed by atoms with E-state index >= 15 is 0 Å². The summed E-state index contributed by atoms with van der Waals surface area (Å²) in [6, 6.07) is 10.5. The number of hydrazone groups is 1. The van der Waals surface area contributed by atoms with Gasteiger partial charge in [-0.15, -0.1) is 0 Å². The fourth-order valence-corrected chi connectivity index (χ4v) is 2.10. The molecular formula is C18H20N2O4. The molecule has 0 aromatic heterocycles. The zero-order valence-corrected chi connectivity index (χ0v) is 13.9. The van der Waals surface area contributed by atoms with Crippen LogP contribution in [0.5, 0.6) is 17.2 Å². The fraction of sp³-hybridized carbons (Fsp3) is 0.222. The molecule has 0 saturated heterocycles. The fourth-order valence-electron chi connectivity index (χ4n) is 2.10. The van der Waals surface area contributed by atoms with E-state index in [-0.39, 0.29) is 18.3 Å². The Bertz CT molecular complexity index is 716. The highest BCUT2D eigenvalue weighted by Gasteiger charge is 2.03. The van der Waals surface area contributed by atoms with E-state index in [1.165, 1.54) is 6.21 Å². The Hall–Kier alpha value is -3.02. The van der Waals surface area contributed by atoms with Crippen LogP contribution in [0.15, 0.2) is 41.5 Å². The molecular weight excluding hydrogens is 308 g/mol. The third-order valence-corrected chi connectivity index (χ3v) is 3.35. The first-order valence-electron chi connectivity index (χ1n) is 7.38. The lowest BCUT2D eigenvalue weighted by atomic mass is 10.1. The van der Waals surface area contributed by atoms with Crippen molar-refractivity contribution >= 4 is 12.1 Å². The minimum atomic E-state index is -0.366. The van der Waals surface area contributed by atoms with E-state index in [0.717, 1.165) is 22.4 Å². The van der Waals surface area contributed by atoms with Crippen LogP contribution in [0.2, 0.25) is 0 Å². The number of rotatable bonds is 6. The van der Waals surface area contributed by atoms with Gasteiger partial charge < -0.3 is 14.6 Å². The monoisotopic (exact) mass is 328 g/mol. The number of methoxy groups -OCH3 is 1. The van der Waals surface area contributed by atoms with Crippen molar-refractivity contribution in [2.24, 2.45) is 5.10 Å². The van der Waals surface area contributed by atoms with Crippen molar-refractivity contribution in [3.63, 3.8) is 0 Å². The van der Waals surface area contributed by atoms with E-state index < -0.39 is 0 Å². The van der Waals surface area contributed by atoms with Crippen LogP contribution in [-0.4, -0.2) is 30.9 Å². The summed E-state index contributed by atoms with van der Waals surface area (Å²) in [5, 5.41) is 13.6. The second-order valence-corrected chi connectivity index (χ2v) is 5.26. The molecule has 0 bridgehead atoms. The van der Waals surface area contributed by atoms with Gasteiger partial charge in [0.05, 0.1) is 13.3 Å². The maximum absolute atomic E-state index is 11.7. The average molecular weight is 328 g/mol. The Morgan fingerprint density at radius 1 is 1.17 bits per heavy atom. The number of carbonyl (C=O) groups excluding carboxylic acids is 1. The lowest BCUT2D eigenvalue weighted by Crippen LogP contribution is -2.24. The molecule has 0 aliphatic heterocycles. The highest BCUT2D eigenvalue weighted by molar-refractivity contribution is 5.83. The number of phenolic OH excluding ortho intramolecular Hbond substituents is 1. The van der Waals surface area contributed by atoms with E-state index in [2.05, 4.69) is 10.5 Å². The van der Waals surface area contributed by atoms with Gasteiger partial charge in [-0.1, -0.05) is 0 Å². The summed E-state index contributed by atoms with van der Waals surface area (Å²) in [7, 11) is 1.58. The third kappa shape index (κ3) is 4.74. The Kier molecular flexibility index (Phi) is 5.78. The molecule has 0 radical (unpaired) electrons. The molecule has 2 rings (SSSR count). The topological polar surface area (TPSA) is 80.2 Å². The zero-order valence-electron chi connectivity index (χ0n) is 13.9. The van der Waals surface area contributed by atoms with Crippen LogP contribution in [0.3, 0.4) is 0 Å². The smallest absolute Gasteiger partial charge is 0.277 e. The summed E-state index contributed by atoms with van der Waals surface area (Å²) < 4.78 is 10.4. The Morgan fingerprint density at radius 3 is 2.33 bits per heavy atom. The van der Waals surface area contributed by atoms with Gasteiger partial charge in [0.25, 0.3) is 5.91 Å². The number of nitrogens with zero attached hydrogens (tertiary/aromatic N) is 1. The largest absolute Gasteiger partial charge is 0.507 e. The molecule has 6 nitrogen and oxygen atoms in total. The Balaban J connectivity index is 1.84. The standard InChI is InChI=1S/C18H20N2O4/c1-12-8-14(9-13(2)18(12)22)10-19-20-17(21)11-24-16-6-4-15(23-3)5-7-16/h4-10,22H,11H2,1-3H3,(H,20,21). The number of nitrogens with one attached hydrogen (secondary N) is 1. The summed E-state index contributed by atoms with van der Waals surface area (Å²) in [4.78, 5) is 11.7. The van der Waals surface area contributed by atoms with Crippen LogP contribution < -0.4 is 14.9 Å². The number of phenols is 1. The van der Waals surface area contributed by atoms with Crippen LogP contribution in [-0.2, 0) is 4.79 Å². The number of hydrogen-bond acceptors (Lipinski definition) is 5. The summed E-state index contributed by atoms with van der Waals surface area (Å²) in [6.45, 7) is 3.47. The molecule has 0 unspecified atom stereocenters. The number of aromatic hydroxyl groups is 1. The van der Waals surface area contributed by atoms with Crippen molar-refractivity contribution in [3.8, 4) is 17.2 Å². The molecule has 0 heterocycles. The number of carbonyl (C=O) groups is 1. The summed E-state index contributed by atoms with van der Waals surface area (Å²) in [6.07, 6.45) is 1.52. The molecule has 6 heteroatoms. The maximum atomic E-state index is 11.7. The summed E-state index contributed by atoms with van der Waals surface area (Å²) in [5.74, 6) is 1.19. The number of hydrogen-bond donors (Lipinski definition) is 2. The van der Waals surface area contributed by atoms with Crippen LogP contribution >= 0.6 is 0 Å². The summed E-state index contributed by atoms with van der Waals surface area (Å²) >= 11 is 0. The molecule has 0 saturated carbocycles. The van der Waals surface area contributed by atoms with Crippen molar-refractivity contribution in [2.75, 3.05) is 13.7 Å². The SMILES string of the molecule is COc1ccc(OCC(=O)NN=Cc2cc(C)c(O)c(C)c2)cc1. The molecule has 0 aliphatic carbocycles. The van der Waals surface area contributed by atoms with Gasteiger partial charge in [-0.2, -0.15) is 5.10 Å². The molecule has 0 spiro atoms. The second-order valence-electron chi connectivity index (χ2n) is 5.26. The molecule has 0 fully saturated rings. The molecule has 24 heavy (non-hydrogen) atoms. The molecule has 126 valence electrons. The number of amides is 1. The van der Waals surface area contributed by atoms with E-state index in [1.54, 1.807) is 57.4 Å². The summed E-state index contributed by atoms with van der Waals surface area (Å²) in [5.41, 5.74) is 4.70. The zero-order chi connectivity index (χ0) is 17.5. The quantitative estimate of drug-likeness (QED) is 0.631. The molecule has 0 atom stereocenters. The van der Waals surface area contributed by atoms with Gasteiger partial charge in [0.2, 0.25) is 0 Å². The average Bonchev–Trinajstić information content (AvgIpc) is 2.58. The van der Waals surface area contributed by atoms with Gasteiger partial charge >= 0.3 is 0 Å². The third-order valence-electron chi connectivity index (χ3n) is 3.35. The van der Waals surface area contributed by atoms with E-state index in [9.17, 15) is 9.90 Å². The molecule has 2 N–H and O–H groups in total. The highest BCUT2D eigenvalue weighted by Crippen LogP contribution is 2.22. The van der Waals surface area contributed by atoms with Crippen molar-refractivity contribution in [1.82, 2.24) is 5.43 Å². The van der Waals surface area contributed by atoms with Gasteiger partial charge in [-0.25, -0.2) is 5.43 Å². The van der Waals surface area contributed by atoms with Crippen molar-refractivity contribution in [3.05, 3.63) is 53.1 Å². The normalized spacial score (nSPS) is 10.6. The maximum Gasteiger partial charge on any atom is 0.277 e. The first-order valence-corrected chi connectivity index (χ1v) is 7.38. The van der Waals surface area contributed by atoms with Gasteiger partial charge in [0.15, 0.2) is 6.61 Å². The van der Waals surface area contributed by atoms with Crippen LogP contribution in [0.4, 0.5) is 0 Å². The highest BCUT2D eigenvalue weighted by atomic mass is 16.5. The van der Waals surface area contributed by atoms with Crippen molar-refractivity contribution in [1.29, 1.82) is 0 Å². The lowest BCUT2D eigenvalue weighted by Gasteiger charge is -2.06. The molecule has 0 aliphatic rings. The number of ether oxygens (including phenoxy) is 2. The van der Waals surface area contributed by atoms with Crippen molar-refractivity contribution < 1.29 is 19.4 Å². The predicted octanol–water partition coefficient (Wildman–Crippen LogP) is 2.55. The second kappa shape index (κ2) is 8.01. The van der Waals surface area contributed by atoms with Gasteiger partial charge in [-0.05, 0) is 66.9 Å². The molecule has 2 aromatic carbocycles. The van der Waals surface area contributed by atoms with E-state index in [1.807, 2.05) is 0 Å². The van der Waals surface area contributed by atoms with E-state index in [0.29, 0.717) is 5.75 Å². The van der Waals surface area contributed by atoms with Gasteiger partial charge in [0, 0.05) is 0 Å². The first kappa shape index (κ1) is 17.3. The number of aryl methyl sites for hydroxylation is 2. The van der Waals surface area contributed by atoms with Crippen LogP contribution in [0, 0.1) is 13.8 Å². The van der Waals surface area contributed by atoms with Crippen LogP contribution in [0.25, 0.3) is 0 Å². The molecule has 1 amide bonds. The van der Waals surface area contributed by atoms with E-state index in [4.69, 9.17) is 9.47 Å². The first-order chi connectivity index (χ1) is 11.5. The number of benzene rings is 2. The predicted molar refractivity (Wildman–Crippen MR) is 91.8 cm³/mol. The van der Waals surface area contributed by atoms with Crippen LogP contribution in [0.1, 0.15) is 16.7 Å². The minimum absolute atomic E-state index is 0.142. The van der Waals surface area contributed by atoms with Gasteiger partial charge in [0.1, 0.15) is 17.2 Å².